The molecule has 46 heavy (non-hydrogen) atoms. The number of aryl methyl sites for hydroxylation is 1. The number of nitrogens with zero attached hydrogens (tertiary/aromatic N) is 1. The van der Waals surface area contributed by atoms with Crippen molar-refractivity contribution in [3.05, 3.63) is 23.3 Å². The number of ether oxygens (including phenoxy) is 6. The first kappa shape index (κ1) is 34.0. The van der Waals surface area contributed by atoms with E-state index in [0.717, 1.165) is 62.2 Å². The van der Waals surface area contributed by atoms with Gasteiger partial charge in [-0.2, -0.15) is 0 Å². The number of hydrogen-bond donors (Lipinski definition) is 1. The first-order valence-corrected chi connectivity index (χ1v) is 17.5. The second kappa shape index (κ2) is 12.2. The van der Waals surface area contributed by atoms with Gasteiger partial charge in [-0.25, -0.2) is 4.79 Å². The van der Waals surface area contributed by atoms with E-state index in [2.05, 4.69) is 45.6 Å². The molecule has 2 heterocycles. The lowest BCUT2D eigenvalue weighted by molar-refractivity contribution is -0.286. The number of carbonyl (C=O) groups excluding carboxylic acids is 1. The predicted octanol–water partition coefficient (Wildman–Crippen LogP) is 6.05. The molecule has 1 aromatic carbocycles. The summed E-state index contributed by atoms with van der Waals surface area (Å²) < 4.78 is 35.7. The smallest absolute Gasteiger partial charge is 0.479 e. The highest BCUT2D eigenvalue weighted by Crippen LogP contribution is 2.76. The van der Waals surface area contributed by atoms with E-state index < -0.39 is 17.4 Å². The van der Waals surface area contributed by atoms with Crippen LogP contribution < -0.4 is 9.47 Å². The maximum absolute atomic E-state index is 13.0. The van der Waals surface area contributed by atoms with Crippen molar-refractivity contribution in [1.82, 2.24) is 4.90 Å². The third-order valence-electron chi connectivity index (χ3n) is 13.1. The largest absolute Gasteiger partial charge is 0.514 e. The van der Waals surface area contributed by atoms with Crippen LogP contribution in [0.5, 0.6) is 11.5 Å². The molecule has 3 saturated carbocycles. The van der Waals surface area contributed by atoms with Gasteiger partial charge in [-0.15, -0.1) is 0 Å². The van der Waals surface area contributed by atoms with E-state index in [0.29, 0.717) is 30.8 Å². The van der Waals surface area contributed by atoms with Crippen LogP contribution in [0, 0.1) is 29.6 Å². The van der Waals surface area contributed by atoms with Crippen molar-refractivity contribution in [2.24, 2.45) is 22.7 Å². The highest BCUT2D eigenvalue weighted by atomic mass is 16.7. The summed E-state index contributed by atoms with van der Waals surface area (Å²) in [4.78, 5) is 15.7. The fraction of sp³-hybridized carbons (Fsp3) is 0.811. The number of carbonyl (C=O) groups is 1. The maximum atomic E-state index is 13.0. The lowest BCUT2D eigenvalue weighted by Gasteiger charge is -2.73. The lowest BCUT2D eigenvalue weighted by atomic mass is 9.35. The number of benzene rings is 1. The van der Waals surface area contributed by atoms with Crippen LogP contribution in [0.4, 0.5) is 4.79 Å². The number of hydrogen-bond acceptors (Lipinski definition) is 9. The molecule has 1 saturated heterocycles. The molecule has 2 aliphatic heterocycles. The average Bonchev–Trinajstić information content (AvgIpc) is 3.75. The molecule has 7 atom stereocenters. The van der Waals surface area contributed by atoms with Crippen LogP contribution in [0.25, 0.3) is 0 Å². The SMILES string of the molecule is COCCOCCOC(=O)Oc1ccc(C)c2c1O[C@]13CCCC4(C[C@H]([C@](C)(O)C(C)(C)C)[C@H]1OC)[C@@H](C)N(CC1CC1)CC[C@@]243. The van der Waals surface area contributed by atoms with E-state index in [1.165, 1.54) is 12.8 Å². The molecule has 1 N–H and O–H groups in total. The Morgan fingerprint density at radius 3 is 2.48 bits per heavy atom. The summed E-state index contributed by atoms with van der Waals surface area (Å²) in [5, 5.41) is 12.5. The Hall–Kier alpha value is -1.91. The Balaban J connectivity index is 1.44. The van der Waals surface area contributed by atoms with Gasteiger partial charge >= 0.3 is 6.16 Å². The molecule has 1 aromatic rings. The average molecular weight is 644 g/mol. The molecule has 4 fully saturated rings. The van der Waals surface area contributed by atoms with Gasteiger partial charge in [0.1, 0.15) is 18.3 Å². The van der Waals surface area contributed by atoms with Crippen LogP contribution >= 0.6 is 0 Å². The van der Waals surface area contributed by atoms with Crippen molar-refractivity contribution in [2.75, 3.05) is 53.7 Å². The molecule has 5 aliphatic rings. The zero-order chi connectivity index (χ0) is 33.1. The van der Waals surface area contributed by atoms with Crippen LogP contribution in [-0.4, -0.2) is 93.2 Å². The highest BCUT2D eigenvalue weighted by Gasteiger charge is 2.81. The van der Waals surface area contributed by atoms with E-state index >= 15 is 0 Å². The summed E-state index contributed by atoms with van der Waals surface area (Å²) >= 11 is 0. The van der Waals surface area contributed by atoms with Crippen molar-refractivity contribution in [3.63, 3.8) is 0 Å². The molecule has 1 spiro atoms. The molecule has 9 nitrogen and oxygen atoms in total. The lowest BCUT2D eigenvalue weighted by Crippen LogP contribution is -2.81. The Labute approximate surface area is 275 Å². The second-order valence-corrected chi connectivity index (χ2v) is 16.0. The molecule has 0 radical (unpaired) electrons. The summed E-state index contributed by atoms with van der Waals surface area (Å²) in [6, 6.07) is 4.19. The fourth-order valence-corrected chi connectivity index (χ4v) is 10.2. The van der Waals surface area contributed by atoms with Crippen LogP contribution in [-0.2, 0) is 24.4 Å². The van der Waals surface area contributed by atoms with Gasteiger partial charge in [-0.05, 0) is 101 Å². The van der Waals surface area contributed by atoms with Crippen LogP contribution in [0.3, 0.4) is 0 Å². The molecule has 6 rings (SSSR count). The minimum atomic E-state index is -1.02. The summed E-state index contributed by atoms with van der Waals surface area (Å²) in [7, 11) is 3.40. The third kappa shape index (κ3) is 5.01. The Morgan fingerprint density at radius 2 is 1.80 bits per heavy atom. The van der Waals surface area contributed by atoms with E-state index in [9.17, 15) is 9.90 Å². The Kier molecular flexibility index (Phi) is 9.01. The standard InChI is InChI=1S/C37H57NO8/c1-24-10-13-28(45-32(39)44-21-20-43-19-18-41-7)30-29(24)36-16-17-38(23-26-11-12-26)25(2)35(36)14-9-15-37(36,46-30)31(42-8)27(22-35)34(6,40)33(3,4)5/h10,13,25-27,31,40H,9,11-12,14-23H2,1-8H3/t25-,27+,31-,34+,35?,36-,37-/m1/s1. The molecule has 1 unspecified atom stereocenters. The van der Waals surface area contributed by atoms with Crippen molar-refractivity contribution in [2.45, 2.75) is 115 Å². The number of piperidine rings is 1. The van der Waals surface area contributed by atoms with E-state index in [1.54, 1.807) is 14.2 Å². The first-order valence-electron chi connectivity index (χ1n) is 17.5. The molecule has 2 bridgehead atoms. The fourth-order valence-electron chi connectivity index (χ4n) is 10.2. The van der Waals surface area contributed by atoms with Gasteiger partial charge in [-0.1, -0.05) is 26.8 Å². The van der Waals surface area contributed by atoms with Gasteiger partial charge in [0.2, 0.25) is 0 Å². The molecule has 9 heteroatoms. The van der Waals surface area contributed by atoms with Crippen LogP contribution in [0.15, 0.2) is 12.1 Å². The summed E-state index contributed by atoms with van der Waals surface area (Å²) in [5.41, 5.74) is -0.332. The molecular formula is C37H57NO8. The van der Waals surface area contributed by atoms with Crippen LogP contribution in [0.1, 0.15) is 90.7 Å². The molecular weight excluding hydrogens is 586 g/mol. The summed E-state index contributed by atoms with van der Waals surface area (Å²) in [6.45, 7) is 16.4. The van der Waals surface area contributed by atoms with Gasteiger partial charge in [0, 0.05) is 38.3 Å². The number of methoxy groups -OCH3 is 2. The molecule has 0 aromatic heterocycles. The van der Waals surface area contributed by atoms with Gasteiger partial charge in [0.15, 0.2) is 11.5 Å². The predicted molar refractivity (Wildman–Crippen MR) is 175 cm³/mol. The molecule has 0 amide bonds. The maximum Gasteiger partial charge on any atom is 0.514 e. The normalized spacial score (nSPS) is 34.9. The van der Waals surface area contributed by atoms with Gasteiger partial charge < -0.3 is 33.5 Å². The van der Waals surface area contributed by atoms with E-state index in [1.807, 2.05) is 13.0 Å². The monoisotopic (exact) mass is 643 g/mol. The summed E-state index contributed by atoms with van der Waals surface area (Å²) in [6.07, 6.45) is 6.18. The van der Waals surface area contributed by atoms with Gasteiger partial charge in [0.25, 0.3) is 0 Å². The van der Waals surface area contributed by atoms with Gasteiger partial charge in [-0.3, -0.25) is 4.90 Å². The number of likely N-dealkylation sites (tertiary alicyclic amines) is 1. The minimum absolute atomic E-state index is 0.0814. The van der Waals surface area contributed by atoms with E-state index in [-0.39, 0.29) is 41.5 Å². The quantitative estimate of drug-likeness (QED) is 0.176. The van der Waals surface area contributed by atoms with Crippen molar-refractivity contribution >= 4 is 6.16 Å². The Bertz CT molecular complexity index is 1290. The molecule has 3 aliphatic carbocycles. The van der Waals surface area contributed by atoms with Crippen LogP contribution in [0.2, 0.25) is 0 Å². The number of aliphatic hydroxyl groups is 1. The summed E-state index contributed by atoms with van der Waals surface area (Å²) in [5.74, 6) is 1.65. The zero-order valence-corrected chi connectivity index (χ0v) is 29.4. The minimum Gasteiger partial charge on any atom is -0.479 e. The zero-order valence-electron chi connectivity index (χ0n) is 29.4. The number of rotatable bonds is 11. The number of fused-ring (bicyclic) bond motifs is 1. The topological polar surface area (TPSA) is 95.9 Å². The van der Waals surface area contributed by atoms with Crippen molar-refractivity contribution in [3.8, 4) is 11.5 Å². The second-order valence-electron chi connectivity index (χ2n) is 16.0. The first-order chi connectivity index (χ1) is 21.8. The van der Waals surface area contributed by atoms with Crippen molar-refractivity contribution in [1.29, 1.82) is 0 Å². The van der Waals surface area contributed by atoms with Crippen molar-refractivity contribution < 1.29 is 38.3 Å². The molecule has 258 valence electrons. The highest BCUT2D eigenvalue weighted by molar-refractivity contribution is 5.69. The Morgan fingerprint density at radius 1 is 1.07 bits per heavy atom. The third-order valence-corrected chi connectivity index (χ3v) is 13.1. The van der Waals surface area contributed by atoms with Gasteiger partial charge in [0.05, 0.1) is 30.8 Å². The van der Waals surface area contributed by atoms with E-state index in [4.69, 9.17) is 28.4 Å².